The van der Waals surface area contributed by atoms with Crippen LogP contribution >= 0.6 is 0 Å². The number of carbonyl (C=O) groups excluding carboxylic acids is 1. The molecular weight excluding hydrogens is 236 g/mol. The first-order valence-electron chi connectivity index (χ1n) is 5.40. The van der Waals surface area contributed by atoms with Crippen LogP contribution in [0, 0.1) is 5.92 Å². The van der Waals surface area contributed by atoms with Gasteiger partial charge in [-0.15, -0.1) is 0 Å². The average molecular weight is 252 g/mol. The Labute approximate surface area is 105 Å². The number of hydrogen-bond donors (Lipinski definition) is 3. The highest BCUT2D eigenvalue weighted by atomic mass is 16.5. The van der Waals surface area contributed by atoms with E-state index in [9.17, 15) is 9.59 Å². The Morgan fingerprint density at radius 1 is 1.50 bits per heavy atom. The molecule has 0 saturated carbocycles. The number of methoxy groups -OCH3 is 1. The van der Waals surface area contributed by atoms with E-state index < -0.39 is 17.8 Å². The van der Waals surface area contributed by atoms with Crippen LogP contribution in [0.5, 0.6) is 5.75 Å². The molecule has 0 radical (unpaired) electrons. The zero-order valence-electron chi connectivity index (χ0n) is 10.3. The Balaban J connectivity index is 2.75. The van der Waals surface area contributed by atoms with Crippen LogP contribution in [-0.2, 0) is 4.79 Å². The summed E-state index contributed by atoms with van der Waals surface area (Å²) < 4.78 is 4.99. The van der Waals surface area contributed by atoms with E-state index in [0.29, 0.717) is 11.4 Å². The van der Waals surface area contributed by atoms with Crippen LogP contribution in [0.25, 0.3) is 0 Å². The SMILES string of the molecule is COc1ccc(N)c(C(=O)NCC(C)C(=O)O)c1. The van der Waals surface area contributed by atoms with Crippen molar-refractivity contribution >= 4 is 17.6 Å². The normalized spacial score (nSPS) is 11.7. The molecule has 1 unspecified atom stereocenters. The van der Waals surface area contributed by atoms with Crippen LogP contribution in [0.4, 0.5) is 5.69 Å². The van der Waals surface area contributed by atoms with Crippen LogP contribution < -0.4 is 15.8 Å². The highest BCUT2D eigenvalue weighted by Gasteiger charge is 2.15. The van der Waals surface area contributed by atoms with E-state index in [1.807, 2.05) is 0 Å². The second-order valence-electron chi connectivity index (χ2n) is 3.90. The van der Waals surface area contributed by atoms with Gasteiger partial charge in [0.25, 0.3) is 5.91 Å². The second-order valence-corrected chi connectivity index (χ2v) is 3.90. The van der Waals surface area contributed by atoms with Crippen molar-refractivity contribution in [2.75, 3.05) is 19.4 Å². The molecule has 0 aromatic heterocycles. The smallest absolute Gasteiger partial charge is 0.308 e. The summed E-state index contributed by atoms with van der Waals surface area (Å²) >= 11 is 0. The Bertz CT molecular complexity index is 459. The molecule has 0 fully saturated rings. The number of hydrogen-bond acceptors (Lipinski definition) is 4. The van der Waals surface area contributed by atoms with Gasteiger partial charge >= 0.3 is 5.97 Å². The fourth-order valence-corrected chi connectivity index (χ4v) is 1.29. The van der Waals surface area contributed by atoms with Gasteiger partial charge in [0.2, 0.25) is 0 Å². The van der Waals surface area contributed by atoms with Crippen molar-refractivity contribution < 1.29 is 19.4 Å². The van der Waals surface area contributed by atoms with Crippen molar-refractivity contribution in [2.24, 2.45) is 5.92 Å². The van der Waals surface area contributed by atoms with Gasteiger partial charge < -0.3 is 20.9 Å². The number of aliphatic carboxylic acids is 1. The summed E-state index contributed by atoms with van der Waals surface area (Å²) in [6, 6.07) is 4.72. The molecule has 6 heteroatoms. The van der Waals surface area contributed by atoms with Crippen LogP contribution in [0.15, 0.2) is 18.2 Å². The summed E-state index contributed by atoms with van der Waals surface area (Å²) in [5, 5.41) is 11.2. The Morgan fingerprint density at radius 3 is 2.72 bits per heavy atom. The molecule has 0 aliphatic carbocycles. The molecule has 6 nitrogen and oxygen atoms in total. The molecule has 1 atom stereocenters. The zero-order chi connectivity index (χ0) is 13.7. The first kappa shape index (κ1) is 13.8. The number of carbonyl (C=O) groups is 2. The fourth-order valence-electron chi connectivity index (χ4n) is 1.29. The third-order valence-electron chi connectivity index (χ3n) is 2.50. The molecular formula is C12H16N2O4. The van der Waals surface area contributed by atoms with Crippen molar-refractivity contribution in [1.29, 1.82) is 0 Å². The van der Waals surface area contributed by atoms with E-state index in [1.165, 1.54) is 20.1 Å². The van der Waals surface area contributed by atoms with Crippen LogP contribution in [-0.4, -0.2) is 30.6 Å². The van der Waals surface area contributed by atoms with Gasteiger partial charge in [-0.25, -0.2) is 0 Å². The Hall–Kier alpha value is -2.24. The summed E-state index contributed by atoms with van der Waals surface area (Å²) in [4.78, 5) is 22.4. The molecule has 0 spiro atoms. The molecule has 0 heterocycles. The number of rotatable bonds is 5. The van der Waals surface area contributed by atoms with Crippen molar-refractivity contribution in [2.45, 2.75) is 6.92 Å². The maximum Gasteiger partial charge on any atom is 0.308 e. The predicted molar refractivity (Wildman–Crippen MR) is 66.5 cm³/mol. The minimum atomic E-state index is -0.964. The molecule has 0 saturated heterocycles. The lowest BCUT2D eigenvalue weighted by atomic mass is 10.1. The summed E-state index contributed by atoms with van der Waals surface area (Å²) in [7, 11) is 1.49. The molecule has 0 aliphatic rings. The van der Waals surface area contributed by atoms with Gasteiger partial charge in [-0.05, 0) is 18.2 Å². The molecule has 1 rings (SSSR count). The van der Waals surface area contributed by atoms with Gasteiger partial charge in [-0.3, -0.25) is 9.59 Å². The number of amides is 1. The summed E-state index contributed by atoms with van der Waals surface area (Å²) in [6.07, 6.45) is 0. The predicted octanol–water partition coefficient (Wildman–Crippen LogP) is 0.728. The number of benzene rings is 1. The Morgan fingerprint density at radius 2 is 2.17 bits per heavy atom. The molecule has 0 aliphatic heterocycles. The molecule has 1 aromatic carbocycles. The zero-order valence-corrected chi connectivity index (χ0v) is 10.3. The van der Waals surface area contributed by atoms with Crippen LogP contribution in [0.1, 0.15) is 17.3 Å². The second kappa shape index (κ2) is 5.90. The van der Waals surface area contributed by atoms with E-state index in [-0.39, 0.29) is 12.1 Å². The molecule has 4 N–H and O–H groups in total. The number of ether oxygens (including phenoxy) is 1. The van der Waals surface area contributed by atoms with Gasteiger partial charge in [0.1, 0.15) is 5.75 Å². The Kier molecular flexibility index (Phi) is 4.53. The van der Waals surface area contributed by atoms with E-state index in [1.54, 1.807) is 12.1 Å². The largest absolute Gasteiger partial charge is 0.497 e. The first-order chi connectivity index (χ1) is 8.45. The van der Waals surface area contributed by atoms with Gasteiger partial charge in [-0.2, -0.15) is 0 Å². The van der Waals surface area contributed by atoms with Gasteiger partial charge in [0.15, 0.2) is 0 Å². The lowest BCUT2D eigenvalue weighted by molar-refractivity contribution is -0.140. The van der Waals surface area contributed by atoms with Crippen LogP contribution in [0.3, 0.4) is 0 Å². The average Bonchev–Trinajstić information content (AvgIpc) is 2.35. The van der Waals surface area contributed by atoms with E-state index in [2.05, 4.69) is 5.32 Å². The van der Waals surface area contributed by atoms with Crippen LogP contribution in [0.2, 0.25) is 0 Å². The number of carboxylic acid groups (broad SMARTS) is 1. The fraction of sp³-hybridized carbons (Fsp3) is 0.333. The van der Waals surface area contributed by atoms with Gasteiger partial charge in [0, 0.05) is 12.2 Å². The van der Waals surface area contributed by atoms with Gasteiger partial charge in [-0.1, -0.05) is 6.92 Å². The maximum absolute atomic E-state index is 11.8. The van der Waals surface area contributed by atoms with Crippen molar-refractivity contribution in [3.8, 4) is 5.75 Å². The quantitative estimate of drug-likeness (QED) is 0.670. The highest BCUT2D eigenvalue weighted by molar-refractivity contribution is 5.99. The lowest BCUT2D eigenvalue weighted by Gasteiger charge is -2.11. The standard InChI is InChI=1S/C12H16N2O4/c1-7(12(16)17)6-14-11(15)9-5-8(18-2)3-4-10(9)13/h3-5,7H,6,13H2,1-2H3,(H,14,15)(H,16,17). The summed E-state index contributed by atoms with van der Waals surface area (Å²) in [6.45, 7) is 1.56. The minimum absolute atomic E-state index is 0.0464. The van der Waals surface area contributed by atoms with Gasteiger partial charge in [0.05, 0.1) is 18.6 Å². The number of nitrogens with one attached hydrogen (secondary N) is 1. The molecule has 1 amide bonds. The molecule has 18 heavy (non-hydrogen) atoms. The van der Waals surface area contributed by atoms with Crippen molar-refractivity contribution in [3.05, 3.63) is 23.8 Å². The maximum atomic E-state index is 11.8. The van der Waals surface area contributed by atoms with E-state index >= 15 is 0 Å². The molecule has 0 bridgehead atoms. The van der Waals surface area contributed by atoms with Crippen molar-refractivity contribution in [1.82, 2.24) is 5.32 Å². The van der Waals surface area contributed by atoms with E-state index in [0.717, 1.165) is 0 Å². The summed E-state index contributed by atoms with van der Waals surface area (Å²) in [5.74, 6) is -1.52. The third kappa shape index (κ3) is 3.38. The molecule has 1 aromatic rings. The first-order valence-corrected chi connectivity index (χ1v) is 5.40. The molecule has 98 valence electrons. The topological polar surface area (TPSA) is 102 Å². The number of carboxylic acids is 1. The summed E-state index contributed by atoms with van der Waals surface area (Å²) in [5.41, 5.74) is 6.26. The number of nitrogens with two attached hydrogens (primary N) is 1. The number of nitrogen functional groups attached to an aromatic ring is 1. The lowest BCUT2D eigenvalue weighted by Crippen LogP contribution is -2.31. The number of anilines is 1. The third-order valence-corrected chi connectivity index (χ3v) is 2.50. The highest BCUT2D eigenvalue weighted by Crippen LogP contribution is 2.19. The minimum Gasteiger partial charge on any atom is -0.497 e. The van der Waals surface area contributed by atoms with Crippen molar-refractivity contribution in [3.63, 3.8) is 0 Å². The van der Waals surface area contributed by atoms with E-state index in [4.69, 9.17) is 15.6 Å². The monoisotopic (exact) mass is 252 g/mol.